The Balaban J connectivity index is 1.85. The van der Waals surface area contributed by atoms with Gasteiger partial charge in [-0.3, -0.25) is 0 Å². The molecule has 1 heterocycles. The third-order valence-electron chi connectivity index (χ3n) is 4.09. The molecule has 0 aliphatic carbocycles. The molecular weight excluding hydrogens is 338 g/mol. The number of hydrogen-bond acceptors (Lipinski definition) is 4. The third kappa shape index (κ3) is 3.65. The lowest BCUT2D eigenvalue weighted by Gasteiger charge is -2.08. The molecule has 26 heavy (non-hydrogen) atoms. The van der Waals surface area contributed by atoms with Crippen LogP contribution in [0.4, 0.5) is 17.2 Å². The second kappa shape index (κ2) is 7.10. The van der Waals surface area contributed by atoms with E-state index in [1.807, 2.05) is 30.3 Å². The number of nitrogens with zero attached hydrogens (tertiary/aromatic N) is 2. The number of anilines is 2. The minimum atomic E-state index is 0.776. The van der Waals surface area contributed by atoms with Crippen molar-refractivity contribution >= 4 is 38.7 Å². The Kier molecular flexibility index (Phi) is 4.50. The van der Waals surface area contributed by atoms with Gasteiger partial charge in [0.05, 0.1) is 15.9 Å². The van der Waals surface area contributed by atoms with Crippen LogP contribution < -0.4 is 9.99 Å². The van der Waals surface area contributed by atoms with Crippen molar-refractivity contribution in [3.63, 3.8) is 0 Å². The van der Waals surface area contributed by atoms with Crippen LogP contribution in [-0.2, 0) is 0 Å². The summed E-state index contributed by atoms with van der Waals surface area (Å²) in [4.78, 5) is 9.65. The maximum atomic E-state index is 4.84. The van der Waals surface area contributed by atoms with Gasteiger partial charge in [-0.25, -0.2) is 9.98 Å². The second-order valence-electron chi connectivity index (χ2n) is 6.27. The Morgan fingerprint density at radius 3 is 2.19 bits per heavy atom. The SMILES string of the molecule is Cc1ccc(N=c2sc3ccccc3nc2Nc2ccc(C)cc2)cc1. The molecule has 3 aromatic carbocycles. The molecule has 0 unspecified atom stereocenters. The molecule has 3 nitrogen and oxygen atoms in total. The number of rotatable bonds is 3. The maximum absolute atomic E-state index is 4.84. The van der Waals surface area contributed by atoms with Crippen LogP contribution in [0.2, 0.25) is 0 Å². The first-order valence-electron chi connectivity index (χ1n) is 8.52. The zero-order valence-corrected chi connectivity index (χ0v) is 15.5. The van der Waals surface area contributed by atoms with E-state index in [9.17, 15) is 0 Å². The van der Waals surface area contributed by atoms with Crippen LogP contribution in [0.25, 0.3) is 10.2 Å². The quantitative estimate of drug-likeness (QED) is 0.496. The van der Waals surface area contributed by atoms with Crippen molar-refractivity contribution in [1.29, 1.82) is 0 Å². The van der Waals surface area contributed by atoms with E-state index in [4.69, 9.17) is 9.98 Å². The van der Waals surface area contributed by atoms with Crippen molar-refractivity contribution in [2.24, 2.45) is 4.99 Å². The molecule has 0 aliphatic rings. The van der Waals surface area contributed by atoms with Crippen molar-refractivity contribution in [3.05, 3.63) is 88.6 Å². The van der Waals surface area contributed by atoms with Crippen LogP contribution >= 0.6 is 11.3 Å². The summed E-state index contributed by atoms with van der Waals surface area (Å²) in [5.41, 5.74) is 5.36. The van der Waals surface area contributed by atoms with Crippen LogP contribution in [0, 0.1) is 13.8 Å². The van der Waals surface area contributed by atoms with Gasteiger partial charge in [-0.15, -0.1) is 11.3 Å². The number of nitrogens with one attached hydrogen (secondary N) is 1. The molecule has 0 aliphatic heterocycles. The first-order chi connectivity index (χ1) is 12.7. The maximum Gasteiger partial charge on any atom is 0.167 e. The molecule has 0 fully saturated rings. The number of hydrogen-bond donors (Lipinski definition) is 1. The van der Waals surface area contributed by atoms with Crippen molar-refractivity contribution < 1.29 is 0 Å². The van der Waals surface area contributed by atoms with Gasteiger partial charge in [0, 0.05) is 5.69 Å². The molecule has 128 valence electrons. The first-order valence-corrected chi connectivity index (χ1v) is 9.34. The van der Waals surface area contributed by atoms with E-state index in [0.29, 0.717) is 0 Å². The molecule has 4 heteroatoms. The van der Waals surface area contributed by atoms with Gasteiger partial charge in [-0.05, 0) is 50.2 Å². The highest BCUT2D eigenvalue weighted by atomic mass is 32.1. The number of para-hydroxylation sites is 1. The van der Waals surface area contributed by atoms with E-state index in [1.54, 1.807) is 11.3 Å². The molecular formula is C22H19N3S. The Morgan fingerprint density at radius 2 is 1.46 bits per heavy atom. The van der Waals surface area contributed by atoms with Gasteiger partial charge < -0.3 is 5.32 Å². The number of benzene rings is 3. The highest BCUT2D eigenvalue weighted by molar-refractivity contribution is 7.16. The Hall–Kier alpha value is -2.98. The van der Waals surface area contributed by atoms with Gasteiger partial charge in [0.2, 0.25) is 0 Å². The number of aromatic nitrogens is 1. The molecule has 4 rings (SSSR count). The summed E-state index contributed by atoms with van der Waals surface area (Å²) < 4.78 is 1.99. The van der Waals surface area contributed by atoms with Gasteiger partial charge in [0.15, 0.2) is 10.5 Å². The lowest BCUT2D eigenvalue weighted by atomic mass is 10.2. The van der Waals surface area contributed by atoms with Crippen LogP contribution in [0.5, 0.6) is 0 Å². The fourth-order valence-corrected chi connectivity index (χ4v) is 3.54. The fourth-order valence-electron chi connectivity index (χ4n) is 2.62. The average Bonchev–Trinajstić information content (AvgIpc) is 2.66. The van der Waals surface area contributed by atoms with E-state index in [-0.39, 0.29) is 0 Å². The summed E-state index contributed by atoms with van der Waals surface area (Å²) in [5, 5.41) is 3.43. The van der Waals surface area contributed by atoms with E-state index >= 15 is 0 Å². The Bertz CT molecular complexity index is 1110. The second-order valence-corrected chi connectivity index (χ2v) is 7.30. The average molecular weight is 357 g/mol. The standard InChI is InChI=1S/C22H19N3S/c1-15-7-11-17(12-8-15)23-21-22(24-18-13-9-16(2)10-14-18)26-20-6-4-3-5-19(20)25-21/h3-14H,1-2H3,(H,23,25). The van der Waals surface area contributed by atoms with Gasteiger partial charge >= 0.3 is 0 Å². The van der Waals surface area contributed by atoms with Crippen LogP contribution in [0.1, 0.15) is 11.1 Å². The summed E-state index contributed by atoms with van der Waals surface area (Å²) in [6, 6.07) is 24.7. The van der Waals surface area contributed by atoms with Gasteiger partial charge in [-0.1, -0.05) is 47.5 Å². The summed E-state index contributed by atoms with van der Waals surface area (Å²) >= 11 is 1.64. The normalized spacial score (nSPS) is 11.7. The lowest BCUT2D eigenvalue weighted by Crippen LogP contribution is -2.08. The molecule has 0 radical (unpaired) electrons. The summed E-state index contributed by atoms with van der Waals surface area (Å²) in [6.45, 7) is 4.16. The van der Waals surface area contributed by atoms with Crippen molar-refractivity contribution in [3.8, 4) is 0 Å². The minimum absolute atomic E-state index is 0.776. The third-order valence-corrected chi connectivity index (χ3v) is 5.13. The monoisotopic (exact) mass is 357 g/mol. The highest BCUT2D eigenvalue weighted by Crippen LogP contribution is 2.20. The predicted molar refractivity (Wildman–Crippen MR) is 110 cm³/mol. The van der Waals surface area contributed by atoms with Gasteiger partial charge in [0.1, 0.15) is 0 Å². The summed E-state index contributed by atoms with van der Waals surface area (Å²) in [6.07, 6.45) is 0. The van der Waals surface area contributed by atoms with E-state index in [2.05, 4.69) is 61.6 Å². The Labute approximate surface area is 156 Å². The van der Waals surface area contributed by atoms with Gasteiger partial charge in [0.25, 0.3) is 0 Å². The molecule has 0 atom stereocenters. The molecule has 0 bridgehead atoms. The zero-order valence-electron chi connectivity index (χ0n) is 14.7. The number of aryl methyl sites for hydroxylation is 2. The summed E-state index contributed by atoms with van der Waals surface area (Å²) in [5.74, 6) is 0.776. The van der Waals surface area contributed by atoms with Crippen molar-refractivity contribution in [1.82, 2.24) is 4.98 Å². The molecule has 0 amide bonds. The number of fused-ring (bicyclic) bond motifs is 1. The minimum Gasteiger partial charge on any atom is -0.338 e. The van der Waals surface area contributed by atoms with E-state index in [1.165, 1.54) is 11.1 Å². The van der Waals surface area contributed by atoms with Crippen LogP contribution in [-0.4, -0.2) is 4.98 Å². The molecule has 0 spiro atoms. The lowest BCUT2D eigenvalue weighted by molar-refractivity contribution is 1.30. The largest absolute Gasteiger partial charge is 0.338 e. The molecule has 1 aromatic heterocycles. The van der Waals surface area contributed by atoms with Crippen molar-refractivity contribution in [2.75, 3.05) is 5.32 Å². The fraction of sp³-hybridized carbons (Fsp3) is 0.0909. The first kappa shape index (κ1) is 16.5. The van der Waals surface area contributed by atoms with Crippen LogP contribution in [0.3, 0.4) is 0 Å². The Morgan fingerprint density at radius 1 is 0.808 bits per heavy atom. The topological polar surface area (TPSA) is 37.3 Å². The summed E-state index contributed by atoms with van der Waals surface area (Å²) in [7, 11) is 0. The smallest absolute Gasteiger partial charge is 0.167 e. The predicted octanol–water partition coefficient (Wildman–Crippen LogP) is 5.89. The molecule has 0 saturated carbocycles. The zero-order chi connectivity index (χ0) is 17.9. The van der Waals surface area contributed by atoms with E-state index in [0.717, 1.165) is 32.1 Å². The van der Waals surface area contributed by atoms with E-state index < -0.39 is 0 Å². The van der Waals surface area contributed by atoms with Crippen LogP contribution in [0.15, 0.2) is 77.8 Å². The molecule has 4 aromatic rings. The molecule has 0 saturated heterocycles. The molecule has 1 N–H and O–H groups in total. The highest BCUT2D eigenvalue weighted by Gasteiger charge is 2.05. The van der Waals surface area contributed by atoms with Crippen molar-refractivity contribution in [2.45, 2.75) is 13.8 Å². The van der Waals surface area contributed by atoms with Gasteiger partial charge in [-0.2, -0.15) is 0 Å².